The molecule has 1 aromatic heterocycles. The van der Waals surface area contributed by atoms with E-state index < -0.39 is 0 Å². The van der Waals surface area contributed by atoms with Gasteiger partial charge in [-0.3, -0.25) is 14.4 Å². The molecule has 150 valence electrons. The Hall–Kier alpha value is -2.15. The van der Waals surface area contributed by atoms with Crippen molar-refractivity contribution in [3.63, 3.8) is 0 Å². The van der Waals surface area contributed by atoms with Gasteiger partial charge in [-0.1, -0.05) is 0 Å². The fourth-order valence-electron chi connectivity index (χ4n) is 5.90. The lowest BCUT2D eigenvalue weighted by atomic mass is 9.73. The summed E-state index contributed by atoms with van der Waals surface area (Å²) in [6.45, 7) is 5.04. The number of hydrogen-bond donors (Lipinski definition) is 1. The summed E-state index contributed by atoms with van der Waals surface area (Å²) in [5.74, 6) is 1.51. The number of likely N-dealkylation sites (tertiary alicyclic amines) is 1. The minimum Gasteiger partial charge on any atom is -0.465 e. The van der Waals surface area contributed by atoms with Gasteiger partial charge in [0, 0.05) is 44.7 Å². The number of aryl methyl sites for hydroxylation is 2. The molecule has 4 atom stereocenters. The highest BCUT2D eigenvalue weighted by Crippen LogP contribution is 2.55. The molecular formula is C21H26N2O5. The largest absolute Gasteiger partial charge is 0.465 e. The summed E-state index contributed by atoms with van der Waals surface area (Å²) in [7, 11) is 0. The normalized spacial score (nSPS) is 33.1. The molecule has 2 amide bonds. The molecule has 0 saturated carbocycles. The van der Waals surface area contributed by atoms with E-state index in [0.29, 0.717) is 55.1 Å². The first-order valence-electron chi connectivity index (χ1n) is 10.3. The van der Waals surface area contributed by atoms with E-state index >= 15 is 0 Å². The van der Waals surface area contributed by atoms with E-state index in [0.717, 1.165) is 19.3 Å². The number of Topliss-reactive ketones (excluding diaryl/α,β-unsaturated/α-hetero) is 1. The van der Waals surface area contributed by atoms with E-state index in [9.17, 15) is 14.4 Å². The number of hydrogen-bond acceptors (Lipinski definition) is 5. The Morgan fingerprint density at radius 2 is 2.14 bits per heavy atom. The van der Waals surface area contributed by atoms with Crippen molar-refractivity contribution in [1.29, 1.82) is 0 Å². The van der Waals surface area contributed by atoms with Gasteiger partial charge in [-0.25, -0.2) is 0 Å². The molecule has 7 nitrogen and oxygen atoms in total. The third-order valence-electron chi connectivity index (χ3n) is 7.12. The third kappa shape index (κ3) is 2.48. The fourth-order valence-corrected chi connectivity index (χ4v) is 5.90. The molecule has 4 heterocycles. The van der Waals surface area contributed by atoms with Crippen LogP contribution < -0.4 is 5.32 Å². The van der Waals surface area contributed by atoms with Gasteiger partial charge in [-0.15, -0.1) is 0 Å². The van der Waals surface area contributed by atoms with Crippen molar-refractivity contribution >= 4 is 17.6 Å². The van der Waals surface area contributed by atoms with E-state index in [-0.39, 0.29) is 41.1 Å². The Kier molecular flexibility index (Phi) is 3.95. The Morgan fingerprint density at radius 1 is 1.32 bits per heavy atom. The van der Waals surface area contributed by atoms with Crippen LogP contribution in [0.2, 0.25) is 0 Å². The first kappa shape index (κ1) is 17.9. The molecule has 0 unspecified atom stereocenters. The second-order valence-corrected chi connectivity index (χ2v) is 8.76. The van der Waals surface area contributed by atoms with Crippen molar-refractivity contribution in [3.05, 3.63) is 22.6 Å². The summed E-state index contributed by atoms with van der Waals surface area (Å²) in [5, 5.41) is 2.93. The van der Waals surface area contributed by atoms with Crippen LogP contribution in [0.1, 0.15) is 64.8 Å². The topological polar surface area (TPSA) is 88.9 Å². The predicted octanol–water partition coefficient (Wildman–Crippen LogP) is 1.86. The standard InChI is InChI=1S/C21H26N2O5/c1-11-18(19-15(25)4-3-5-17(19)27-11)20(26)23-9-14-13(8-22-12(2)24)16-6-7-21(14,10-23)28-16/h13-14,16H,3-10H2,1-2H3,(H,22,24)/t13-,14+,16+,21+/m0/s1. The van der Waals surface area contributed by atoms with Gasteiger partial charge in [0.15, 0.2) is 5.78 Å². The molecule has 1 spiro atoms. The fraction of sp³-hybridized carbons (Fsp3) is 0.667. The number of rotatable bonds is 3. The van der Waals surface area contributed by atoms with Crippen molar-refractivity contribution in [1.82, 2.24) is 10.2 Å². The summed E-state index contributed by atoms with van der Waals surface area (Å²) >= 11 is 0. The SMILES string of the molecule is CC(=O)NC[C@H]1[C@H]2CN(C(=O)c3c(C)oc4c3C(=O)CCC4)C[C@]23CC[C@H]1O3. The predicted molar refractivity (Wildman–Crippen MR) is 99.1 cm³/mol. The van der Waals surface area contributed by atoms with E-state index in [1.807, 2.05) is 4.90 Å². The molecule has 3 aliphatic heterocycles. The minimum absolute atomic E-state index is 0.0136. The van der Waals surface area contributed by atoms with Gasteiger partial charge in [-0.05, 0) is 26.2 Å². The highest BCUT2D eigenvalue weighted by atomic mass is 16.5. The maximum atomic E-state index is 13.4. The molecule has 0 aromatic carbocycles. The van der Waals surface area contributed by atoms with Crippen LogP contribution in [0, 0.1) is 18.8 Å². The van der Waals surface area contributed by atoms with Crippen molar-refractivity contribution in [2.75, 3.05) is 19.6 Å². The van der Waals surface area contributed by atoms with Gasteiger partial charge in [0.25, 0.3) is 5.91 Å². The van der Waals surface area contributed by atoms with Crippen molar-refractivity contribution in [3.8, 4) is 0 Å². The smallest absolute Gasteiger partial charge is 0.258 e. The number of ketones is 1. The number of amides is 2. The maximum absolute atomic E-state index is 13.4. The number of carbonyl (C=O) groups is 3. The molecule has 4 aliphatic rings. The lowest BCUT2D eigenvalue weighted by molar-refractivity contribution is -0.119. The van der Waals surface area contributed by atoms with E-state index in [1.54, 1.807) is 6.92 Å². The second kappa shape index (κ2) is 6.17. The Balaban J connectivity index is 1.41. The van der Waals surface area contributed by atoms with Crippen LogP contribution in [0.15, 0.2) is 4.42 Å². The molecule has 3 fully saturated rings. The van der Waals surface area contributed by atoms with Gasteiger partial charge in [0.1, 0.15) is 11.5 Å². The highest BCUT2D eigenvalue weighted by Gasteiger charge is 2.63. The van der Waals surface area contributed by atoms with Crippen molar-refractivity contribution in [2.24, 2.45) is 11.8 Å². The summed E-state index contributed by atoms with van der Waals surface area (Å²) in [4.78, 5) is 39.1. The van der Waals surface area contributed by atoms with Crippen LogP contribution in [0.4, 0.5) is 0 Å². The molecule has 3 saturated heterocycles. The van der Waals surface area contributed by atoms with Crippen LogP contribution >= 0.6 is 0 Å². The quantitative estimate of drug-likeness (QED) is 0.857. The van der Waals surface area contributed by atoms with Gasteiger partial charge >= 0.3 is 0 Å². The molecule has 28 heavy (non-hydrogen) atoms. The molecule has 1 aliphatic carbocycles. The summed E-state index contributed by atoms with van der Waals surface area (Å²) < 4.78 is 12.1. The minimum atomic E-state index is -0.300. The number of nitrogens with one attached hydrogen (secondary N) is 1. The number of nitrogens with zero attached hydrogens (tertiary/aromatic N) is 1. The zero-order valence-corrected chi connectivity index (χ0v) is 16.4. The Morgan fingerprint density at radius 3 is 2.93 bits per heavy atom. The zero-order chi connectivity index (χ0) is 19.6. The van der Waals surface area contributed by atoms with Crippen LogP contribution in [-0.2, 0) is 16.0 Å². The van der Waals surface area contributed by atoms with Crippen LogP contribution in [-0.4, -0.2) is 53.8 Å². The number of carbonyl (C=O) groups excluding carboxylic acids is 3. The molecular weight excluding hydrogens is 360 g/mol. The number of ether oxygens (including phenoxy) is 1. The van der Waals surface area contributed by atoms with E-state index in [2.05, 4.69) is 5.32 Å². The van der Waals surface area contributed by atoms with Gasteiger partial charge in [-0.2, -0.15) is 0 Å². The molecule has 2 bridgehead atoms. The Labute approximate surface area is 163 Å². The first-order valence-corrected chi connectivity index (χ1v) is 10.3. The number of furan rings is 1. The highest BCUT2D eigenvalue weighted by molar-refractivity contribution is 6.10. The lowest BCUT2D eigenvalue weighted by Crippen LogP contribution is -2.41. The van der Waals surface area contributed by atoms with Gasteiger partial charge in [0.05, 0.1) is 29.4 Å². The molecule has 5 rings (SSSR count). The second-order valence-electron chi connectivity index (χ2n) is 8.76. The Bertz CT molecular complexity index is 874. The number of fused-ring (bicyclic) bond motifs is 2. The zero-order valence-electron chi connectivity index (χ0n) is 16.4. The molecule has 1 N–H and O–H groups in total. The summed E-state index contributed by atoms with van der Waals surface area (Å²) in [6, 6.07) is 0. The molecule has 0 radical (unpaired) electrons. The third-order valence-corrected chi connectivity index (χ3v) is 7.12. The van der Waals surface area contributed by atoms with E-state index in [4.69, 9.17) is 9.15 Å². The van der Waals surface area contributed by atoms with E-state index in [1.165, 1.54) is 6.92 Å². The summed E-state index contributed by atoms with van der Waals surface area (Å²) in [5.41, 5.74) is 0.651. The maximum Gasteiger partial charge on any atom is 0.258 e. The summed E-state index contributed by atoms with van der Waals surface area (Å²) in [6.07, 6.45) is 4.06. The lowest BCUT2D eigenvalue weighted by Gasteiger charge is -2.29. The van der Waals surface area contributed by atoms with Crippen molar-refractivity contribution < 1.29 is 23.5 Å². The molecule has 1 aromatic rings. The van der Waals surface area contributed by atoms with Crippen LogP contribution in [0.25, 0.3) is 0 Å². The average Bonchev–Trinajstić information content (AvgIpc) is 3.36. The van der Waals surface area contributed by atoms with Gasteiger partial charge < -0.3 is 19.4 Å². The molecule has 7 heteroatoms. The van der Waals surface area contributed by atoms with Crippen molar-refractivity contribution in [2.45, 2.75) is 57.7 Å². The van der Waals surface area contributed by atoms with Gasteiger partial charge in [0.2, 0.25) is 5.91 Å². The van der Waals surface area contributed by atoms with Crippen LogP contribution in [0.5, 0.6) is 0 Å². The monoisotopic (exact) mass is 386 g/mol. The average molecular weight is 386 g/mol. The van der Waals surface area contributed by atoms with Crippen LogP contribution in [0.3, 0.4) is 0 Å². The first-order chi connectivity index (χ1) is 13.4.